The zero-order valence-corrected chi connectivity index (χ0v) is 11.0. The summed E-state index contributed by atoms with van der Waals surface area (Å²) in [5, 5.41) is 6.03. The maximum atomic E-state index is 11.6. The third-order valence-electron chi connectivity index (χ3n) is 2.79. The number of anilines is 2. The molecule has 0 saturated heterocycles. The van der Waals surface area contributed by atoms with E-state index in [-0.39, 0.29) is 5.91 Å². The fourth-order valence-corrected chi connectivity index (χ4v) is 1.78. The van der Waals surface area contributed by atoms with E-state index in [9.17, 15) is 4.79 Å². The zero-order valence-electron chi connectivity index (χ0n) is 11.0. The summed E-state index contributed by atoms with van der Waals surface area (Å²) >= 11 is 0. The average Bonchev–Trinajstić information content (AvgIpc) is 2.29. The van der Waals surface area contributed by atoms with Crippen molar-refractivity contribution in [2.45, 2.75) is 39.5 Å². The van der Waals surface area contributed by atoms with Crippen LogP contribution >= 0.6 is 0 Å². The van der Waals surface area contributed by atoms with Crippen molar-refractivity contribution in [3.05, 3.63) is 23.8 Å². The van der Waals surface area contributed by atoms with Crippen molar-refractivity contribution in [3.8, 4) is 0 Å². The van der Waals surface area contributed by atoms with Crippen molar-refractivity contribution in [1.82, 2.24) is 0 Å². The number of hydrogen-bond donors (Lipinski definition) is 2. The normalized spacial score (nSPS) is 10.1. The molecule has 1 amide bonds. The maximum Gasteiger partial charge on any atom is 0.224 e. The van der Waals surface area contributed by atoms with Gasteiger partial charge in [0, 0.05) is 24.8 Å². The van der Waals surface area contributed by atoms with Crippen molar-refractivity contribution in [3.63, 3.8) is 0 Å². The van der Waals surface area contributed by atoms with Crippen LogP contribution in [0.4, 0.5) is 11.4 Å². The molecule has 0 unspecified atom stereocenters. The summed E-state index contributed by atoms with van der Waals surface area (Å²) in [7, 11) is 1.89. The van der Waals surface area contributed by atoms with Gasteiger partial charge in [-0.3, -0.25) is 4.79 Å². The maximum absolute atomic E-state index is 11.6. The average molecular weight is 234 g/mol. The van der Waals surface area contributed by atoms with Crippen LogP contribution in [0.25, 0.3) is 0 Å². The first-order valence-electron chi connectivity index (χ1n) is 6.25. The highest BCUT2D eigenvalue weighted by Crippen LogP contribution is 2.19. The summed E-state index contributed by atoms with van der Waals surface area (Å²) in [5.74, 6) is 0.107. The number of nitrogens with one attached hydrogen (secondary N) is 2. The van der Waals surface area contributed by atoms with Gasteiger partial charge in [-0.2, -0.15) is 0 Å². The molecular formula is C14H22N2O. The van der Waals surface area contributed by atoms with Gasteiger partial charge in [-0.25, -0.2) is 0 Å². The van der Waals surface area contributed by atoms with E-state index in [0.29, 0.717) is 6.42 Å². The van der Waals surface area contributed by atoms with Gasteiger partial charge in [-0.1, -0.05) is 19.8 Å². The van der Waals surface area contributed by atoms with Crippen LogP contribution in [-0.4, -0.2) is 13.0 Å². The second kappa shape index (κ2) is 6.94. The lowest BCUT2D eigenvalue weighted by Crippen LogP contribution is -2.11. The van der Waals surface area contributed by atoms with Gasteiger partial charge in [0.1, 0.15) is 0 Å². The van der Waals surface area contributed by atoms with Gasteiger partial charge >= 0.3 is 0 Å². The number of rotatable bonds is 6. The molecule has 0 fully saturated rings. The Hall–Kier alpha value is -1.51. The van der Waals surface area contributed by atoms with Crippen molar-refractivity contribution in [1.29, 1.82) is 0 Å². The minimum atomic E-state index is 0.107. The van der Waals surface area contributed by atoms with Crippen molar-refractivity contribution in [2.24, 2.45) is 0 Å². The Morgan fingerprint density at radius 3 is 2.65 bits per heavy atom. The number of hydrogen-bond acceptors (Lipinski definition) is 2. The molecule has 0 aliphatic rings. The van der Waals surface area contributed by atoms with Gasteiger partial charge in [-0.05, 0) is 37.1 Å². The number of amides is 1. The number of benzene rings is 1. The molecule has 1 aromatic rings. The lowest BCUT2D eigenvalue weighted by molar-refractivity contribution is -0.116. The van der Waals surface area contributed by atoms with Crippen LogP contribution in [0, 0.1) is 6.92 Å². The van der Waals surface area contributed by atoms with Gasteiger partial charge in [0.15, 0.2) is 0 Å². The fraction of sp³-hybridized carbons (Fsp3) is 0.500. The van der Waals surface area contributed by atoms with Gasteiger partial charge < -0.3 is 10.6 Å². The molecule has 1 rings (SSSR count). The quantitative estimate of drug-likeness (QED) is 0.739. The SMILES string of the molecule is CCCCCC(=O)Nc1ccc(NC)c(C)c1. The molecular weight excluding hydrogens is 212 g/mol. The smallest absolute Gasteiger partial charge is 0.224 e. The molecule has 0 heterocycles. The Labute approximate surface area is 104 Å². The van der Waals surface area contributed by atoms with E-state index in [2.05, 4.69) is 17.6 Å². The molecule has 1 aromatic carbocycles. The van der Waals surface area contributed by atoms with Crippen molar-refractivity contribution >= 4 is 17.3 Å². The first-order chi connectivity index (χ1) is 8.17. The molecule has 0 radical (unpaired) electrons. The molecule has 3 heteroatoms. The van der Waals surface area contributed by atoms with Crippen LogP contribution in [0.3, 0.4) is 0 Å². The lowest BCUT2D eigenvalue weighted by atomic mass is 10.1. The Bertz CT molecular complexity index is 374. The highest BCUT2D eigenvalue weighted by atomic mass is 16.1. The Kier molecular flexibility index (Phi) is 5.53. The van der Waals surface area contributed by atoms with E-state index in [1.165, 1.54) is 0 Å². The molecule has 0 aromatic heterocycles. The number of aryl methyl sites for hydroxylation is 1. The number of carbonyl (C=O) groups excluding carboxylic acids is 1. The van der Waals surface area contributed by atoms with Gasteiger partial charge in [0.2, 0.25) is 5.91 Å². The van der Waals surface area contributed by atoms with Crippen LogP contribution in [0.1, 0.15) is 38.2 Å². The minimum absolute atomic E-state index is 0.107. The van der Waals surface area contributed by atoms with Crippen LogP contribution in [0.15, 0.2) is 18.2 Å². The summed E-state index contributed by atoms with van der Waals surface area (Å²) < 4.78 is 0. The van der Waals surface area contributed by atoms with E-state index in [1.54, 1.807) is 0 Å². The Morgan fingerprint density at radius 2 is 2.06 bits per heavy atom. The molecule has 0 bridgehead atoms. The summed E-state index contributed by atoms with van der Waals surface area (Å²) in [6.45, 7) is 4.16. The molecule has 0 spiro atoms. The van der Waals surface area contributed by atoms with Crippen LogP contribution < -0.4 is 10.6 Å². The predicted octanol–water partition coefficient (Wildman–Crippen LogP) is 3.56. The lowest BCUT2D eigenvalue weighted by Gasteiger charge is -2.09. The number of unbranched alkanes of at least 4 members (excludes halogenated alkanes) is 2. The molecule has 3 nitrogen and oxygen atoms in total. The predicted molar refractivity (Wildman–Crippen MR) is 73.5 cm³/mol. The Balaban J connectivity index is 2.51. The fourth-order valence-electron chi connectivity index (χ4n) is 1.78. The topological polar surface area (TPSA) is 41.1 Å². The molecule has 17 heavy (non-hydrogen) atoms. The molecule has 0 saturated carbocycles. The molecule has 0 aliphatic carbocycles. The summed E-state index contributed by atoms with van der Waals surface area (Å²) in [6.07, 6.45) is 3.84. The second-order valence-electron chi connectivity index (χ2n) is 4.28. The van der Waals surface area contributed by atoms with E-state index in [0.717, 1.165) is 36.2 Å². The monoisotopic (exact) mass is 234 g/mol. The van der Waals surface area contributed by atoms with Crippen LogP contribution in [0.5, 0.6) is 0 Å². The largest absolute Gasteiger partial charge is 0.388 e. The first kappa shape index (κ1) is 13.6. The highest BCUT2D eigenvalue weighted by Gasteiger charge is 2.03. The second-order valence-corrected chi connectivity index (χ2v) is 4.28. The summed E-state index contributed by atoms with van der Waals surface area (Å²) in [5.41, 5.74) is 3.11. The Morgan fingerprint density at radius 1 is 1.29 bits per heavy atom. The van der Waals surface area contributed by atoms with Crippen LogP contribution in [0.2, 0.25) is 0 Å². The third kappa shape index (κ3) is 4.47. The summed E-state index contributed by atoms with van der Waals surface area (Å²) in [6, 6.07) is 5.90. The molecule has 0 aliphatic heterocycles. The number of carbonyl (C=O) groups is 1. The van der Waals surface area contributed by atoms with Crippen molar-refractivity contribution in [2.75, 3.05) is 17.7 Å². The zero-order chi connectivity index (χ0) is 12.7. The van der Waals surface area contributed by atoms with Gasteiger partial charge in [0.25, 0.3) is 0 Å². The van der Waals surface area contributed by atoms with E-state index < -0.39 is 0 Å². The summed E-state index contributed by atoms with van der Waals surface area (Å²) in [4.78, 5) is 11.6. The first-order valence-corrected chi connectivity index (χ1v) is 6.25. The third-order valence-corrected chi connectivity index (χ3v) is 2.79. The molecule has 94 valence electrons. The van der Waals surface area contributed by atoms with Gasteiger partial charge in [-0.15, -0.1) is 0 Å². The molecule has 0 atom stereocenters. The van der Waals surface area contributed by atoms with Crippen LogP contribution in [-0.2, 0) is 4.79 Å². The minimum Gasteiger partial charge on any atom is -0.388 e. The highest BCUT2D eigenvalue weighted by molar-refractivity contribution is 5.91. The van der Waals surface area contributed by atoms with E-state index in [4.69, 9.17) is 0 Å². The van der Waals surface area contributed by atoms with E-state index >= 15 is 0 Å². The molecule has 2 N–H and O–H groups in total. The van der Waals surface area contributed by atoms with Gasteiger partial charge in [0.05, 0.1) is 0 Å². The standard InChI is InChI=1S/C14H22N2O/c1-4-5-6-7-14(17)16-12-8-9-13(15-3)11(2)10-12/h8-10,15H,4-7H2,1-3H3,(H,16,17). The van der Waals surface area contributed by atoms with Crippen molar-refractivity contribution < 1.29 is 4.79 Å². The van der Waals surface area contributed by atoms with E-state index in [1.807, 2.05) is 32.2 Å².